The number of fused-ring (bicyclic) bond motifs is 1. The zero-order valence-electron chi connectivity index (χ0n) is 6.82. The lowest BCUT2D eigenvalue weighted by Crippen LogP contribution is -1.83. The molecule has 2 rings (SSSR count). The van der Waals surface area contributed by atoms with E-state index in [4.69, 9.17) is 0 Å². The number of benzene rings is 1. The van der Waals surface area contributed by atoms with Crippen molar-refractivity contribution in [2.45, 2.75) is 13.0 Å². The minimum atomic E-state index is -0.345. The molecule has 0 unspecified atom stereocenters. The third-order valence-electron chi connectivity index (χ3n) is 1.86. The van der Waals surface area contributed by atoms with Crippen LogP contribution in [-0.2, 0) is 0 Å². The number of hydrogen-bond donors (Lipinski definition) is 1. The van der Waals surface area contributed by atoms with Crippen molar-refractivity contribution in [2.75, 3.05) is 0 Å². The highest BCUT2D eigenvalue weighted by Crippen LogP contribution is 2.29. The standard InChI is InChI=1S/C10H10OS/c1-7(11)10-6-8-4-2-3-5-9(8)12-10/h2-7,11H,1H3/t7-/m0/s1. The van der Waals surface area contributed by atoms with Gasteiger partial charge in [-0.05, 0) is 24.4 Å². The summed E-state index contributed by atoms with van der Waals surface area (Å²) in [5.74, 6) is 0. The van der Waals surface area contributed by atoms with Crippen LogP contribution in [0.1, 0.15) is 17.9 Å². The maximum absolute atomic E-state index is 9.34. The summed E-state index contributed by atoms with van der Waals surface area (Å²) in [6, 6.07) is 10.2. The first kappa shape index (κ1) is 7.77. The molecule has 1 atom stereocenters. The number of hydrogen-bond acceptors (Lipinski definition) is 2. The first-order chi connectivity index (χ1) is 5.77. The SMILES string of the molecule is C[C@H](O)c1cc2ccccc2s1. The van der Waals surface area contributed by atoms with Crippen LogP contribution in [-0.4, -0.2) is 5.11 Å². The molecule has 0 radical (unpaired) electrons. The molecule has 62 valence electrons. The van der Waals surface area contributed by atoms with Crippen molar-refractivity contribution in [1.29, 1.82) is 0 Å². The molecule has 1 aromatic carbocycles. The van der Waals surface area contributed by atoms with Crippen molar-refractivity contribution in [1.82, 2.24) is 0 Å². The fourth-order valence-electron chi connectivity index (χ4n) is 1.21. The van der Waals surface area contributed by atoms with E-state index in [-0.39, 0.29) is 6.10 Å². The highest BCUT2D eigenvalue weighted by molar-refractivity contribution is 7.19. The molecule has 0 aliphatic heterocycles. The Balaban J connectivity index is 2.62. The van der Waals surface area contributed by atoms with Crippen LogP contribution in [0.25, 0.3) is 10.1 Å². The largest absolute Gasteiger partial charge is 0.388 e. The molecule has 0 spiro atoms. The summed E-state index contributed by atoms with van der Waals surface area (Å²) in [6.07, 6.45) is -0.345. The van der Waals surface area contributed by atoms with Gasteiger partial charge in [-0.2, -0.15) is 0 Å². The average Bonchev–Trinajstić information content (AvgIpc) is 2.46. The Morgan fingerprint density at radius 2 is 2.08 bits per heavy atom. The van der Waals surface area contributed by atoms with Crippen molar-refractivity contribution in [3.63, 3.8) is 0 Å². The zero-order valence-corrected chi connectivity index (χ0v) is 7.64. The Hall–Kier alpha value is -0.860. The van der Waals surface area contributed by atoms with Crippen LogP contribution in [0.4, 0.5) is 0 Å². The molecule has 0 amide bonds. The predicted octanol–water partition coefficient (Wildman–Crippen LogP) is 2.95. The van der Waals surface area contributed by atoms with Crippen LogP contribution in [0, 0.1) is 0 Å². The Morgan fingerprint density at radius 1 is 1.33 bits per heavy atom. The lowest BCUT2D eigenvalue weighted by atomic mass is 10.2. The summed E-state index contributed by atoms with van der Waals surface area (Å²) in [4.78, 5) is 1.04. The maximum atomic E-state index is 9.34. The molecule has 0 aliphatic carbocycles. The summed E-state index contributed by atoms with van der Waals surface area (Å²) in [7, 11) is 0. The highest BCUT2D eigenvalue weighted by Gasteiger charge is 2.04. The van der Waals surface area contributed by atoms with Crippen LogP contribution < -0.4 is 0 Å². The molecule has 1 aromatic heterocycles. The molecule has 0 fully saturated rings. The van der Waals surface area contributed by atoms with E-state index in [0.29, 0.717) is 0 Å². The highest BCUT2D eigenvalue weighted by atomic mass is 32.1. The van der Waals surface area contributed by atoms with Gasteiger partial charge >= 0.3 is 0 Å². The van der Waals surface area contributed by atoms with Gasteiger partial charge in [0.1, 0.15) is 0 Å². The molecule has 2 heteroatoms. The molecule has 0 saturated carbocycles. The lowest BCUT2D eigenvalue weighted by Gasteiger charge is -1.95. The smallest absolute Gasteiger partial charge is 0.0854 e. The molecule has 0 bridgehead atoms. The van der Waals surface area contributed by atoms with Gasteiger partial charge in [0.2, 0.25) is 0 Å². The van der Waals surface area contributed by atoms with Gasteiger partial charge in [0.05, 0.1) is 6.10 Å². The van der Waals surface area contributed by atoms with Gasteiger partial charge in [0.15, 0.2) is 0 Å². The van der Waals surface area contributed by atoms with Crippen molar-refractivity contribution in [3.05, 3.63) is 35.2 Å². The second-order valence-corrected chi connectivity index (χ2v) is 3.98. The lowest BCUT2D eigenvalue weighted by molar-refractivity contribution is 0.203. The first-order valence-corrected chi connectivity index (χ1v) is 4.75. The van der Waals surface area contributed by atoms with E-state index in [1.165, 1.54) is 10.1 Å². The normalized spacial score (nSPS) is 13.5. The van der Waals surface area contributed by atoms with E-state index in [0.717, 1.165) is 4.88 Å². The topological polar surface area (TPSA) is 20.2 Å². The van der Waals surface area contributed by atoms with E-state index < -0.39 is 0 Å². The fraction of sp³-hybridized carbons (Fsp3) is 0.200. The second kappa shape index (κ2) is 2.88. The van der Waals surface area contributed by atoms with Crippen molar-refractivity contribution in [2.24, 2.45) is 0 Å². The van der Waals surface area contributed by atoms with Gasteiger partial charge in [-0.1, -0.05) is 18.2 Å². The number of rotatable bonds is 1. The van der Waals surface area contributed by atoms with Gasteiger partial charge in [0, 0.05) is 9.58 Å². The number of aliphatic hydroxyl groups is 1. The van der Waals surface area contributed by atoms with Crippen LogP contribution in [0.15, 0.2) is 30.3 Å². The molecule has 12 heavy (non-hydrogen) atoms. The van der Waals surface area contributed by atoms with Crippen LogP contribution in [0.5, 0.6) is 0 Å². The van der Waals surface area contributed by atoms with E-state index in [1.54, 1.807) is 18.3 Å². The molecule has 0 aliphatic rings. The Labute approximate surface area is 75.3 Å². The molecule has 1 nitrogen and oxygen atoms in total. The Kier molecular flexibility index (Phi) is 1.87. The van der Waals surface area contributed by atoms with Gasteiger partial charge < -0.3 is 5.11 Å². The summed E-state index contributed by atoms with van der Waals surface area (Å²) in [6.45, 7) is 1.80. The predicted molar refractivity (Wildman–Crippen MR) is 52.5 cm³/mol. The molecule has 2 aromatic rings. The van der Waals surface area contributed by atoms with Crippen LogP contribution in [0.3, 0.4) is 0 Å². The first-order valence-electron chi connectivity index (χ1n) is 3.94. The summed E-state index contributed by atoms with van der Waals surface area (Å²) in [5, 5.41) is 10.6. The van der Waals surface area contributed by atoms with E-state index in [1.807, 2.05) is 18.2 Å². The molecule has 1 N–H and O–H groups in total. The second-order valence-electron chi connectivity index (χ2n) is 2.86. The zero-order chi connectivity index (χ0) is 8.55. The molecule has 0 saturated heterocycles. The van der Waals surface area contributed by atoms with Crippen molar-refractivity contribution < 1.29 is 5.11 Å². The minimum absolute atomic E-state index is 0.345. The van der Waals surface area contributed by atoms with Gasteiger partial charge in [0.25, 0.3) is 0 Å². The average molecular weight is 178 g/mol. The van der Waals surface area contributed by atoms with E-state index in [9.17, 15) is 5.11 Å². The number of aliphatic hydroxyl groups excluding tert-OH is 1. The quantitative estimate of drug-likeness (QED) is 0.711. The summed E-state index contributed by atoms with van der Waals surface area (Å²) < 4.78 is 1.24. The van der Waals surface area contributed by atoms with Gasteiger partial charge in [-0.25, -0.2) is 0 Å². The monoisotopic (exact) mass is 178 g/mol. The third-order valence-corrected chi connectivity index (χ3v) is 3.14. The molecular formula is C10H10OS. The molecule has 1 heterocycles. The number of thiophene rings is 1. The molecular weight excluding hydrogens is 168 g/mol. The Morgan fingerprint density at radius 3 is 2.75 bits per heavy atom. The summed E-state index contributed by atoms with van der Waals surface area (Å²) >= 11 is 1.66. The summed E-state index contributed by atoms with van der Waals surface area (Å²) in [5.41, 5.74) is 0. The van der Waals surface area contributed by atoms with E-state index >= 15 is 0 Å². The fourth-order valence-corrected chi connectivity index (χ4v) is 2.21. The van der Waals surface area contributed by atoms with Crippen molar-refractivity contribution in [3.8, 4) is 0 Å². The third kappa shape index (κ3) is 1.24. The van der Waals surface area contributed by atoms with Crippen LogP contribution in [0.2, 0.25) is 0 Å². The van der Waals surface area contributed by atoms with E-state index in [2.05, 4.69) is 12.1 Å². The maximum Gasteiger partial charge on any atom is 0.0854 e. The van der Waals surface area contributed by atoms with Gasteiger partial charge in [-0.3, -0.25) is 0 Å². The van der Waals surface area contributed by atoms with Crippen LogP contribution >= 0.6 is 11.3 Å². The van der Waals surface area contributed by atoms with Gasteiger partial charge in [-0.15, -0.1) is 11.3 Å². The Bertz CT molecular complexity index is 356. The van der Waals surface area contributed by atoms with Crippen molar-refractivity contribution >= 4 is 21.4 Å². The minimum Gasteiger partial charge on any atom is -0.388 e.